The minimum absolute atomic E-state index is 0.537. The SMILES string of the molecule is Cc1ccc(NCCN(C(C)C)C(C)C)c(C#N)c1. The summed E-state index contributed by atoms with van der Waals surface area (Å²) in [5, 5.41) is 12.5. The van der Waals surface area contributed by atoms with E-state index >= 15 is 0 Å². The number of aryl methyl sites for hydroxylation is 1. The third-order valence-corrected chi connectivity index (χ3v) is 3.31. The average molecular weight is 259 g/mol. The maximum absolute atomic E-state index is 9.13. The zero-order valence-corrected chi connectivity index (χ0v) is 12.7. The second-order valence-corrected chi connectivity index (χ2v) is 5.51. The smallest absolute Gasteiger partial charge is 0.101 e. The topological polar surface area (TPSA) is 39.1 Å². The standard InChI is InChI=1S/C16H25N3/c1-12(2)19(13(3)4)9-8-18-16-7-6-14(5)10-15(16)11-17/h6-7,10,12-13,18H,8-9H2,1-5H3. The first kappa shape index (κ1) is 15.5. The van der Waals surface area contributed by atoms with Crippen LogP contribution in [0.1, 0.15) is 38.8 Å². The maximum atomic E-state index is 9.13. The Labute approximate surface area is 117 Å². The Kier molecular flexibility index (Phi) is 5.85. The largest absolute Gasteiger partial charge is 0.383 e. The summed E-state index contributed by atoms with van der Waals surface area (Å²) in [4.78, 5) is 2.44. The van der Waals surface area contributed by atoms with Crippen LogP contribution in [0.25, 0.3) is 0 Å². The number of anilines is 1. The number of benzene rings is 1. The highest BCUT2D eigenvalue weighted by Gasteiger charge is 2.12. The monoisotopic (exact) mass is 259 g/mol. The highest BCUT2D eigenvalue weighted by molar-refractivity contribution is 5.58. The van der Waals surface area contributed by atoms with Gasteiger partial charge in [0.1, 0.15) is 6.07 Å². The van der Waals surface area contributed by atoms with Crippen molar-refractivity contribution in [2.45, 2.75) is 46.7 Å². The first-order valence-corrected chi connectivity index (χ1v) is 6.96. The van der Waals surface area contributed by atoms with E-state index in [9.17, 15) is 0 Å². The molecule has 0 saturated carbocycles. The molecule has 0 amide bonds. The fourth-order valence-electron chi connectivity index (χ4n) is 2.34. The van der Waals surface area contributed by atoms with Gasteiger partial charge in [-0.3, -0.25) is 4.90 Å². The van der Waals surface area contributed by atoms with Crippen LogP contribution in [0.15, 0.2) is 18.2 Å². The van der Waals surface area contributed by atoms with Gasteiger partial charge in [-0.05, 0) is 52.3 Å². The predicted molar refractivity (Wildman–Crippen MR) is 81.4 cm³/mol. The number of hydrogen-bond donors (Lipinski definition) is 1. The van der Waals surface area contributed by atoms with Gasteiger partial charge in [-0.25, -0.2) is 0 Å². The van der Waals surface area contributed by atoms with Crippen molar-refractivity contribution in [2.75, 3.05) is 18.4 Å². The van der Waals surface area contributed by atoms with Gasteiger partial charge in [0, 0.05) is 25.2 Å². The molecule has 0 aromatic heterocycles. The Hall–Kier alpha value is -1.53. The molecular weight excluding hydrogens is 234 g/mol. The second-order valence-electron chi connectivity index (χ2n) is 5.51. The molecule has 19 heavy (non-hydrogen) atoms. The van der Waals surface area contributed by atoms with Crippen molar-refractivity contribution in [3.05, 3.63) is 29.3 Å². The molecule has 0 spiro atoms. The minimum Gasteiger partial charge on any atom is -0.383 e. The molecule has 0 radical (unpaired) electrons. The van der Waals surface area contributed by atoms with E-state index in [1.807, 2.05) is 25.1 Å². The normalized spacial score (nSPS) is 11.1. The second kappa shape index (κ2) is 7.16. The van der Waals surface area contributed by atoms with Crippen LogP contribution in [-0.4, -0.2) is 30.1 Å². The van der Waals surface area contributed by atoms with Gasteiger partial charge in [-0.2, -0.15) is 5.26 Å². The van der Waals surface area contributed by atoms with Crippen molar-refractivity contribution in [3.63, 3.8) is 0 Å². The van der Waals surface area contributed by atoms with Crippen molar-refractivity contribution in [1.82, 2.24) is 4.90 Å². The summed E-state index contributed by atoms with van der Waals surface area (Å²) in [7, 11) is 0. The summed E-state index contributed by atoms with van der Waals surface area (Å²) in [5.74, 6) is 0. The third-order valence-electron chi connectivity index (χ3n) is 3.31. The first-order chi connectivity index (χ1) is 8.95. The highest BCUT2D eigenvalue weighted by Crippen LogP contribution is 2.16. The zero-order chi connectivity index (χ0) is 14.4. The molecule has 0 atom stereocenters. The van der Waals surface area contributed by atoms with E-state index < -0.39 is 0 Å². The molecule has 104 valence electrons. The van der Waals surface area contributed by atoms with Crippen molar-refractivity contribution in [3.8, 4) is 6.07 Å². The molecule has 0 aliphatic rings. The van der Waals surface area contributed by atoms with Gasteiger partial charge in [0.25, 0.3) is 0 Å². The van der Waals surface area contributed by atoms with E-state index in [1.165, 1.54) is 0 Å². The lowest BCUT2D eigenvalue weighted by molar-refractivity contribution is 0.182. The summed E-state index contributed by atoms with van der Waals surface area (Å²) in [6.45, 7) is 12.7. The van der Waals surface area contributed by atoms with Crippen LogP contribution in [0.2, 0.25) is 0 Å². The summed E-state index contributed by atoms with van der Waals surface area (Å²) in [5.41, 5.74) is 2.77. The van der Waals surface area contributed by atoms with Crippen LogP contribution in [0.3, 0.4) is 0 Å². The van der Waals surface area contributed by atoms with Crippen LogP contribution in [0, 0.1) is 18.3 Å². The third kappa shape index (κ3) is 4.57. The maximum Gasteiger partial charge on any atom is 0.101 e. The minimum atomic E-state index is 0.537. The molecule has 1 rings (SSSR count). The lowest BCUT2D eigenvalue weighted by Crippen LogP contribution is -2.40. The van der Waals surface area contributed by atoms with Crippen LogP contribution in [-0.2, 0) is 0 Å². The van der Waals surface area contributed by atoms with Gasteiger partial charge in [0.2, 0.25) is 0 Å². The predicted octanol–water partition coefficient (Wildman–Crippen LogP) is 3.40. The highest BCUT2D eigenvalue weighted by atomic mass is 15.2. The molecule has 1 N–H and O–H groups in total. The lowest BCUT2D eigenvalue weighted by atomic mass is 10.1. The van der Waals surface area contributed by atoms with Gasteiger partial charge < -0.3 is 5.32 Å². The van der Waals surface area contributed by atoms with E-state index in [1.54, 1.807) is 0 Å². The van der Waals surface area contributed by atoms with Gasteiger partial charge in [0.15, 0.2) is 0 Å². The van der Waals surface area contributed by atoms with E-state index in [0.717, 1.165) is 29.9 Å². The summed E-state index contributed by atoms with van der Waals surface area (Å²) < 4.78 is 0. The van der Waals surface area contributed by atoms with Gasteiger partial charge in [0.05, 0.1) is 11.3 Å². The number of hydrogen-bond acceptors (Lipinski definition) is 3. The number of nitriles is 1. The first-order valence-electron chi connectivity index (χ1n) is 6.96. The van der Waals surface area contributed by atoms with Crippen LogP contribution in [0.5, 0.6) is 0 Å². The number of nitrogens with zero attached hydrogens (tertiary/aromatic N) is 2. The van der Waals surface area contributed by atoms with E-state index in [0.29, 0.717) is 12.1 Å². The van der Waals surface area contributed by atoms with E-state index in [-0.39, 0.29) is 0 Å². The van der Waals surface area contributed by atoms with Crippen molar-refractivity contribution < 1.29 is 0 Å². The van der Waals surface area contributed by atoms with Crippen LogP contribution in [0.4, 0.5) is 5.69 Å². The quantitative estimate of drug-likeness (QED) is 0.851. The fraction of sp³-hybridized carbons (Fsp3) is 0.562. The molecule has 3 heteroatoms. The zero-order valence-electron chi connectivity index (χ0n) is 12.7. The molecule has 0 aliphatic heterocycles. The molecule has 3 nitrogen and oxygen atoms in total. The van der Waals surface area contributed by atoms with Crippen molar-refractivity contribution in [2.24, 2.45) is 0 Å². The molecule has 0 saturated heterocycles. The Morgan fingerprint density at radius 2 is 1.84 bits per heavy atom. The van der Waals surface area contributed by atoms with Gasteiger partial charge in [-0.1, -0.05) is 6.07 Å². The molecule has 0 aliphatic carbocycles. The average Bonchev–Trinajstić information content (AvgIpc) is 2.34. The molecule has 1 aromatic rings. The van der Waals surface area contributed by atoms with Gasteiger partial charge in [-0.15, -0.1) is 0 Å². The Balaban J connectivity index is 2.60. The van der Waals surface area contributed by atoms with Crippen LogP contribution >= 0.6 is 0 Å². The van der Waals surface area contributed by atoms with E-state index in [2.05, 4.69) is 44.0 Å². The Morgan fingerprint density at radius 1 is 1.21 bits per heavy atom. The van der Waals surface area contributed by atoms with E-state index in [4.69, 9.17) is 5.26 Å². The van der Waals surface area contributed by atoms with Crippen molar-refractivity contribution >= 4 is 5.69 Å². The summed E-state index contributed by atoms with van der Waals surface area (Å²) >= 11 is 0. The molecule has 1 aromatic carbocycles. The lowest BCUT2D eigenvalue weighted by Gasteiger charge is -2.30. The summed E-state index contributed by atoms with van der Waals surface area (Å²) in [6, 6.07) is 9.26. The molecule has 0 unspecified atom stereocenters. The fourth-order valence-corrected chi connectivity index (χ4v) is 2.34. The van der Waals surface area contributed by atoms with Crippen molar-refractivity contribution in [1.29, 1.82) is 5.26 Å². The van der Waals surface area contributed by atoms with Crippen LogP contribution < -0.4 is 5.32 Å². The summed E-state index contributed by atoms with van der Waals surface area (Å²) in [6.07, 6.45) is 0. The molecule has 0 fully saturated rings. The molecular formula is C16H25N3. The number of nitrogens with one attached hydrogen (secondary N) is 1. The Morgan fingerprint density at radius 3 is 2.37 bits per heavy atom. The molecule has 0 heterocycles. The Bertz CT molecular complexity index is 436. The molecule has 0 bridgehead atoms. The van der Waals surface area contributed by atoms with Gasteiger partial charge >= 0.3 is 0 Å². The number of rotatable bonds is 6.